The molecule has 2 aliphatic rings. The summed E-state index contributed by atoms with van der Waals surface area (Å²) in [4.78, 5) is 1.64. The van der Waals surface area contributed by atoms with Gasteiger partial charge in [0.25, 0.3) is 0 Å². The van der Waals surface area contributed by atoms with Crippen molar-refractivity contribution in [1.29, 1.82) is 0 Å². The minimum Gasteiger partial charge on any atom is -0.309 e. The van der Waals surface area contributed by atoms with Crippen molar-refractivity contribution in [2.45, 2.75) is 25.2 Å². The van der Waals surface area contributed by atoms with Crippen molar-refractivity contribution in [3.8, 4) is 0 Å². The van der Waals surface area contributed by atoms with Crippen LogP contribution in [0, 0.1) is 28.4 Å². The lowest BCUT2D eigenvalue weighted by Crippen LogP contribution is -2.57. The van der Waals surface area contributed by atoms with Crippen molar-refractivity contribution in [2.24, 2.45) is 16.7 Å². The average molecular weight is 358 g/mol. The van der Waals surface area contributed by atoms with Crippen LogP contribution in [-0.2, 0) is 10.0 Å². The molecule has 3 rings (SSSR count). The van der Waals surface area contributed by atoms with E-state index in [0.29, 0.717) is 19.2 Å². The van der Waals surface area contributed by atoms with Crippen molar-refractivity contribution < 1.29 is 17.2 Å². The summed E-state index contributed by atoms with van der Waals surface area (Å²) >= 11 is 0. The quantitative estimate of drug-likeness (QED) is 0.831. The third-order valence-corrected chi connectivity index (χ3v) is 7.36. The zero-order valence-electron chi connectivity index (χ0n) is 14.5. The Balaban J connectivity index is 1.93. The molecule has 0 radical (unpaired) electrons. The van der Waals surface area contributed by atoms with Crippen molar-refractivity contribution in [2.75, 3.05) is 33.7 Å². The van der Waals surface area contributed by atoms with Crippen LogP contribution in [0.3, 0.4) is 0 Å². The van der Waals surface area contributed by atoms with Crippen LogP contribution in [0.4, 0.5) is 8.78 Å². The standard InChI is InChI=1S/C17H24F2N2O2S/c1-16(2)9-17(10-20(3)4)11-21(8-15(16)17)24(22,23)14-6-5-12(18)7-13(14)19/h5-7,15H,8-11H2,1-4H3/t15-,17+/m1/s1. The highest BCUT2D eigenvalue weighted by Crippen LogP contribution is 2.63. The molecule has 1 saturated heterocycles. The Morgan fingerprint density at radius 1 is 1.29 bits per heavy atom. The smallest absolute Gasteiger partial charge is 0.246 e. The molecule has 134 valence electrons. The van der Waals surface area contributed by atoms with Crippen LogP contribution >= 0.6 is 0 Å². The summed E-state index contributed by atoms with van der Waals surface area (Å²) in [5.74, 6) is -1.57. The first kappa shape index (κ1) is 17.8. The maximum Gasteiger partial charge on any atom is 0.246 e. The van der Waals surface area contributed by atoms with Crippen LogP contribution in [0.25, 0.3) is 0 Å². The number of benzene rings is 1. The number of nitrogens with zero attached hydrogens (tertiary/aromatic N) is 2. The summed E-state index contributed by atoms with van der Waals surface area (Å²) in [5, 5.41) is 0. The Morgan fingerprint density at radius 3 is 2.50 bits per heavy atom. The maximum atomic E-state index is 14.0. The number of fused-ring (bicyclic) bond motifs is 1. The molecule has 1 heterocycles. The topological polar surface area (TPSA) is 40.6 Å². The number of hydrogen-bond donors (Lipinski definition) is 0. The summed E-state index contributed by atoms with van der Waals surface area (Å²) in [6.07, 6.45) is 0.945. The van der Waals surface area contributed by atoms with Gasteiger partial charge in [0.15, 0.2) is 0 Å². The Bertz CT molecular complexity index is 760. The molecule has 1 aromatic rings. The maximum absolute atomic E-state index is 14.0. The van der Waals surface area contributed by atoms with E-state index in [1.807, 2.05) is 14.1 Å². The van der Waals surface area contributed by atoms with Crippen LogP contribution < -0.4 is 0 Å². The second kappa shape index (κ2) is 5.47. The lowest BCUT2D eigenvalue weighted by Gasteiger charge is -2.57. The fourth-order valence-corrected chi connectivity index (χ4v) is 6.53. The average Bonchev–Trinajstić information content (AvgIpc) is 2.72. The summed E-state index contributed by atoms with van der Waals surface area (Å²) in [5.41, 5.74) is -0.0157. The van der Waals surface area contributed by atoms with E-state index in [9.17, 15) is 17.2 Å². The predicted molar refractivity (Wildman–Crippen MR) is 88.0 cm³/mol. The van der Waals surface area contributed by atoms with Crippen LogP contribution in [0.1, 0.15) is 20.3 Å². The minimum atomic E-state index is -3.96. The van der Waals surface area contributed by atoms with Crippen LogP contribution in [0.5, 0.6) is 0 Å². The van der Waals surface area contributed by atoms with Gasteiger partial charge < -0.3 is 4.90 Å². The Hall–Kier alpha value is -1.05. The lowest BCUT2D eigenvalue weighted by molar-refractivity contribution is -0.0789. The highest BCUT2D eigenvalue weighted by molar-refractivity contribution is 7.89. The monoisotopic (exact) mass is 358 g/mol. The Labute approximate surface area is 142 Å². The van der Waals surface area contributed by atoms with Gasteiger partial charge in [0.2, 0.25) is 10.0 Å². The molecule has 4 nitrogen and oxygen atoms in total. The second-order valence-corrected chi connectivity index (χ2v) is 10.1. The minimum absolute atomic E-state index is 0.0711. The second-order valence-electron chi connectivity index (χ2n) is 8.19. The summed E-state index contributed by atoms with van der Waals surface area (Å²) in [6.45, 7) is 5.89. The molecule has 0 N–H and O–H groups in total. The van der Waals surface area contributed by atoms with Gasteiger partial charge in [0, 0.05) is 31.1 Å². The highest BCUT2D eigenvalue weighted by Gasteiger charge is 2.64. The van der Waals surface area contributed by atoms with E-state index >= 15 is 0 Å². The van der Waals surface area contributed by atoms with Crippen molar-refractivity contribution in [3.05, 3.63) is 29.8 Å². The van der Waals surface area contributed by atoms with E-state index in [-0.39, 0.29) is 16.7 Å². The molecule has 0 unspecified atom stereocenters. The predicted octanol–water partition coefficient (Wildman–Crippen LogP) is 2.56. The van der Waals surface area contributed by atoms with Gasteiger partial charge in [0.1, 0.15) is 16.5 Å². The molecule has 7 heteroatoms. The third kappa shape index (κ3) is 2.66. The Kier molecular flexibility index (Phi) is 4.05. The van der Waals surface area contributed by atoms with Gasteiger partial charge in [-0.05, 0) is 44.0 Å². The van der Waals surface area contributed by atoms with E-state index in [1.165, 1.54) is 4.31 Å². The molecule has 0 bridgehead atoms. The molecule has 0 spiro atoms. The molecular formula is C17H24F2N2O2S. The first-order valence-corrected chi connectivity index (χ1v) is 9.52. The van der Waals surface area contributed by atoms with Gasteiger partial charge in [-0.3, -0.25) is 0 Å². The first-order chi connectivity index (χ1) is 11.0. The fourth-order valence-electron chi connectivity index (χ4n) is 4.93. The zero-order valence-corrected chi connectivity index (χ0v) is 15.3. The molecule has 1 aliphatic carbocycles. The van der Waals surface area contributed by atoms with Gasteiger partial charge in [-0.25, -0.2) is 17.2 Å². The van der Waals surface area contributed by atoms with Crippen molar-refractivity contribution in [3.63, 3.8) is 0 Å². The molecule has 1 saturated carbocycles. The largest absolute Gasteiger partial charge is 0.309 e. The molecule has 1 aliphatic heterocycles. The van der Waals surface area contributed by atoms with Gasteiger partial charge in [0.05, 0.1) is 0 Å². The zero-order chi connectivity index (χ0) is 17.9. The van der Waals surface area contributed by atoms with Crippen molar-refractivity contribution >= 4 is 10.0 Å². The molecule has 1 aromatic carbocycles. The normalized spacial score (nSPS) is 29.5. The summed E-state index contributed by atoms with van der Waals surface area (Å²) in [7, 11) is -0.00274. The van der Waals surface area contributed by atoms with E-state index in [1.54, 1.807) is 0 Å². The molecule has 0 aromatic heterocycles. The van der Waals surface area contributed by atoms with Gasteiger partial charge in [-0.1, -0.05) is 13.8 Å². The van der Waals surface area contributed by atoms with Crippen molar-refractivity contribution in [1.82, 2.24) is 9.21 Å². The Morgan fingerprint density at radius 2 is 1.96 bits per heavy atom. The summed E-state index contributed by atoms with van der Waals surface area (Å²) < 4.78 is 54.2. The van der Waals surface area contributed by atoms with Gasteiger partial charge in [-0.2, -0.15) is 4.31 Å². The van der Waals surface area contributed by atoms with Crippen LogP contribution in [0.15, 0.2) is 23.1 Å². The van der Waals surface area contributed by atoms with Crippen LogP contribution in [-0.4, -0.2) is 51.4 Å². The number of rotatable bonds is 4. The molecule has 0 amide bonds. The molecule has 24 heavy (non-hydrogen) atoms. The number of sulfonamides is 1. The fraction of sp³-hybridized carbons (Fsp3) is 0.647. The molecular weight excluding hydrogens is 334 g/mol. The number of halogens is 2. The molecule has 2 atom stereocenters. The molecule has 2 fully saturated rings. The third-order valence-electron chi connectivity index (χ3n) is 5.51. The van der Waals surface area contributed by atoms with Gasteiger partial charge in [-0.15, -0.1) is 0 Å². The summed E-state index contributed by atoms with van der Waals surface area (Å²) in [6, 6.07) is 2.63. The van der Waals surface area contributed by atoms with E-state index in [4.69, 9.17) is 0 Å². The van der Waals surface area contributed by atoms with Crippen LogP contribution in [0.2, 0.25) is 0 Å². The van der Waals surface area contributed by atoms with E-state index in [0.717, 1.165) is 25.1 Å². The van der Waals surface area contributed by atoms with Gasteiger partial charge >= 0.3 is 0 Å². The van der Waals surface area contributed by atoms with E-state index in [2.05, 4.69) is 18.7 Å². The highest BCUT2D eigenvalue weighted by atomic mass is 32.2. The first-order valence-electron chi connectivity index (χ1n) is 8.08. The number of hydrogen-bond acceptors (Lipinski definition) is 3. The van der Waals surface area contributed by atoms with E-state index < -0.39 is 26.6 Å². The SMILES string of the molecule is CN(C)C[C@@]12CN(S(=O)(=O)c3ccc(F)cc3F)C[C@@H]1C(C)(C)C2. The lowest BCUT2D eigenvalue weighted by atomic mass is 9.48.